The van der Waals surface area contributed by atoms with Crippen molar-refractivity contribution in [2.24, 2.45) is 4.99 Å². The van der Waals surface area contributed by atoms with Gasteiger partial charge in [0, 0.05) is 34.4 Å². The first kappa shape index (κ1) is 20.4. The van der Waals surface area contributed by atoms with Crippen molar-refractivity contribution >= 4 is 50.2 Å². The number of benzene rings is 3. The second-order valence-electron chi connectivity index (χ2n) is 7.61. The summed E-state index contributed by atoms with van der Waals surface area (Å²) in [6.07, 6.45) is 3.36. The number of amidine groups is 1. The average molecular weight is 443 g/mol. The number of hydrogen-bond acceptors (Lipinski definition) is 5. The van der Waals surface area contributed by atoms with E-state index < -0.39 is 0 Å². The molecule has 0 fully saturated rings. The van der Waals surface area contributed by atoms with E-state index in [9.17, 15) is 4.79 Å². The van der Waals surface area contributed by atoms with Crippen LogP contribution in [0.3, 0.4) is 0 Å². The highest BCUT2D eigenvalue weighted by Crippen LogP contribution is 2.38. The van der Waals surface area contributed by atoms with Gasteiger partial charge in [-0.15, -0.1) is 0 Å². The summed E-state index contributed by atoms with van der Waals surface area (Å²) in [6.45, 7) is 2.65. The number of methoxy groups -OCH3 is 1. The number of nitrogens with zero attached hydrogens (tertiary/aromatic N) is 1. The third kappa shape index (κ3) is 3.89. The maximum absolute atomic E-state index is 12.5. The number of aliphatic imine (C=N–C) groups is 1. The van der Waals surface area contributed by atoms with E-state index in [1.54, 1.807) is 31.2 Å². The van der Waals surface area contributed by atoms with E-state index in [0.29, 0.717) is 10.9 Å². The molecule has 0 spiro atoms. The maximum Gasteiger partial charge on any atom is 0.250 e. The predicted molar refractivity (Wildman–Crippen MR) is 132 cm³/mol. The van der Waals surface area contributed by atoms with Gasteiger partial charge in [-0.05, 0) is 41.0 Å². The zero-order valence-electron chi connectivity index (χ0n) is 17.8. The van der Waals surface area contributed by atoms with Crippen molar-refractivity contribution in [1.29, 1.82) is 0 Å². The molecule has 0 atom stereocenters. The van der Waals surface area contributed by atoms with Crippen LogP contribution in [0.15, 0.2) is 76.3 Å². The van der Waals surface area contributed by atoms with E-state index in [0.717, 1.165) is 45.5 Å². The number of allylic oxidation sites excluding steroid dienone is 1. The first-order valence-corrected chi connectivity index (χ1v) is 11.4. The van der Waals surface area contributed by atoms with E-state index in [2.05, 4.69) is 40.6 Å². The number of carbonyl (C=O) groups excluding carboxylic acids is 1. The highest BCUT2D eigenvalue weighted by molar-refractivity contribution is 8.14. The van der Waals surface area contributed by atoms with Crippen LogP contribution in [0.2, 0.25) is 0 Å². The highest BCUT2D eigenvalue weighted by Gasteiger charge is 2.16. The van der Waals surface area contributed by atoms with Gasteiger partial charge in [-0.1, -0.05) is 48.2 Å². The van der Waals surface area contributed by atoms with Crippen LogP contribution < -0.4 is 10.1 Å². The van der Waals surface area contributed by atoms with E-state index in [-0.39, 0.29) is 5.91 Å². The molecule has 3 aromatic carbocycles. The molecule has 0 unspecified atom stereocenters. The Morgan fingerprint density at radius 3 is 2.78 bits per heavy atom. The number of nitrogens with one attached hydrogen (secondary N) is 1. The van der Waals surface area contributed by atoms with E-state index in [4.69, 9.17) is 9.15 Å². The van der Waals surface area contributed by atoms with Crippen molar-refractivity contribution < 1.29 is 13.9 Å². The molecule has 5 rings (SSSR count). The molecule has 1 N–H and O–H groups in total. The molecule has 1 aliphatic heterocycles. The predicted octanol–water partition coefficient (Wildman–Crippen LogP) is 5.88. The fraction of sp³-hybridized carbons (Fsp3) is 0.154. The van der Waals surface area contributed by atoms with E-state index in [1.165, 1.54) is 10.8 Å². The molecule has 4 aromatic rings. The number of rotatable bonds is 4. The Balaban J connectivity index is 1.55. The Hall–Kier alpha value is -3.51. The smallest absolute Gasteiger partial charge is 0.250 e. The zero-order chi connectivity index (χ0) is 22.1. The van der Waals surface area contributed by atoms with Crippen LogP contribution in [-0.4, -0.2) is 30.5 Å². The minimum absolute atomic E-state index is 0.195. The number of furan rings is 1. The summed E-state index contributed by atoms with van der Waals surface area (Å²) in [5.74, 6) is 1.37. The van der Waals surface area contributed by atoms with Crippen molar-refractivity contribution in [1.82, 2.24) is 5.32 Å². The molecule has 0 aliphatic carbocycles. The zero-order valence-corrected chi connectivity index (χ0v) is 18.7. The third-order valence-electron chi connectivity index (χ3n) is 5.54. The van der Waals surface area contributed by atoms with Gasteiger partial charge in [0.2, 0.25) is 5.91 Å². The summed E-state index contributed by atoms with van der Waals surface area (Å²) in [4.78, 5) is 16.7. The number of thioether (sulfide) groups is 1. The highest BCUT2D eigenvalue weighted by atomic mass is 32.2. The minimum atomic E-state index is -0.195. The molecule has 1 aromatic heterocycles. The van der Waals surface area contributed by atoms with Crippen molar-refractivity contribution in [2.45, 2.75) is 6.92 Å². The number of carbonyl (C=O) groups is 1. The Kier molecular flexibility index (Phi) is 5.45. The van der Waals surface area contributed by atoms with Gasteiger partial charge in [-0.2, -0.15) is 0 Å². The minimum Gasteiger partial charge on any atom is -0.496 e. The van der Waals surface area contributed by atoms with E-state index >= 15 is 0 Å². The second kappa shape index (κ2) is 8.55. The van der Waals surface area contributed by atoms with Gasteiger partial charge in [0.25, 0.3) is 0 Å². The SMILES string of the molecule is COc1cc2occ(-c3ccc4ccccc4c3)c2cc1/C(C)=C/C(=O)NC1=NCCS1. The number of ether oxygens (including phenoxy) is 1. The van der Waals surface area contributed by atoms with Gasteiger partial charge in [-0.25, -0.2) is 0 Å². The lowest BCUT2D eigenvalue weighted by Crippen LogP contribution is -2.25. The summed E-state index contributed by atoms with van der Waals surface area (Å²) in [6, 6.07) is 18.6. The van der Waals surface area contributed by atoms with Crippen LogP contribution in [0.25, 0.3) is 38.4 Å². The molecule has 0 radical (unpaired) electrons. The molecule has 6 heteroatoms. The maximum atomic E-state index is 12.5. The van der Waals surface area contributed by atoms with Crippen molar-refractivity contribution in [2.75, 3.05) is 19.4 Å². The van der Waals surface area contributed by atoms with E-state index in [1.807, 2.05) is 31.2 Å². The molecule has 0 saturated carbocycles. The lowest BCUT2D eigenvalue weighted by molar-refractivity contribution is -0.115. The fourth-order valence-corrected chi connectivity index (χ4v) is 4.67. The van der Waals surface area contributed by atoms with Crippen molar-refractivity contribution in [3.05, 3.63) is 72.5 Å². The first-order valence-electron chi connectivity index (χ1n) is 10.4. The van der Waals surface area contributed by atoms with Gasteiger partial charge in [0.05, 0.1) is 19.9 Å². The van der Waals surface area contributed by atoms with Crippen LogP contribution in [0.4, 0.5) is 0 Å². The topological polar surface area (TPSA) is 63.8 Å². The Labute approximate surface area is 190 Å². The molecule has 1 amide bonds. The first-order chi connectivity index (χ1) is 15.6. The molecule has 160 valence electrons. The van der Waals surface area contributed by atoms with Crippen LogP contribution in [0.1, 0.15) is 12.5 Å². The van der Waals surface area contributed by atoms with Crippen LogP contribution >= 0.6 is 11.8 Å². The van der Waals surface area contributed by atoms with Gasteiger partial charge in [0.1, 0.15) is 11.3 Å². The van der Waals surface area contributed by atoms with Crippen LogP contribution in [0.5, 0.6) is 5.75 Å². The molecule has 1 aliphatic rings. The molecule has 5 nitrogen and oxygen atoms in total. The van der Waals surface area contributed by atoms with Gasteiger partial charge in [0.15, 0.2) is 5.17 Å². The van der Waals surface area contributed by atoms with Gasteiger partial charge >= 0.3 is 0 Å². The molecular weight excluding hydrogens is 420 g/mol. The number of fused-ring (bicyclic) bond motifs is 2. The Morgan fingerprint density at radius 2 is 2.00 bits per heavy atom. The van der Waals surface area contributed by atoms with Crippen molar-refractivity contribution in [3.8, 4) is 16.9 Å². The molecule has 0 bridgehead atoms. The van der Waals surface area contributed by atoms with Crippen molar-refractivity contribution in [3.63, 3.8) is 0 Å². The van der Waals surface area contributed by atoms with Gasteiger partial charge in [-0.3, -0.25) is 9.79 Å². The molecular formula is C26H22N2O3S. The summed E-state index contributed by atoms with van der Waals surface area (Å²) in [5, 5.41) is 6.86. The molecule has 0 saturated heterocycles. The molecule has 2 heterocycles. The van der Waals surface area contributed by atoms with Crippen LogP contribution in [-0.2, 0) is 4.79 Å². The summed E-state index contributed by atoms with van der Waals surface area (Å²) in [5.41, 5.74) is 4.47. The normalized spacial score (nSPS) is 14.1. The van der Waals surface area contributed by atoms with Crippen LogP contribution in [0, 0.1) is 0 Å². The standard InChI is InChI=1S/C26H22N2O3S/c1-16(11-25(29)28-26-27-9-10-32-26)20-13-21-22(15-31-24(21)14-23(20)30-2)19-8-7-17-5-3-4-6-18(17)12-19/h3-8,11-15H,9-10H2,1-2H3,(H,27,28,29)/b16-11+. The fourth-order valence-electron chi connectivity index (χ4n) is 3.94. The number of hydrogen-bond donors (Lipinski definition) is 1. The largest absolute Gasteiger partial charge is 0.496 e. The Morgan fingerprint density at radius 1 is 1.16 bits per heavy atom. The average Bonchev–Trinajstić information content (AvgIpc) is 3.47. The quantitative estimate of drug-likeness (QED) is 0.401. The lowest BCUT2D eigenvalue weighted by Gasteiger charge is -2.10. The van der Waals surface area contributed by atoms with Gasteiger partial charge < -0.3 is 14.5 Å². The Bertz CT molecular complexity index is 1400. The monoisotopic (exact) mass is 442 g/mol. The number of amides is 1. The summed E-state index contributed by atoms with van der Waals surface area (Å²) in [7, 11) is 1.62. The third-order valence-corrected chi connectivity index (χ3v) is 6.44. The summed E-state index contributed by atoms with van der Waals surface area (Å²) < 4.78 is 11.5. The molecule has 32 heavy (non-hydrogen) atoms. The second-order valence-corrected chi connectivity index (χ2v) is 8.70. The summed E-state index contributed by atoms with van der Waals surface area (Å²) >= 11 is 1.56. The lowest BCUT2D eigenvalue weighted by atomic mass is 9.97.